The molecular weight excluding hydrogens is 691 g/mol. The van der Waals surface area contributed by atoms with E-state index in [0.717, 1.165) is 44.9 Å². The first kappa shape index (κ1) is 52.6. The third kappa shape index (κ3) is 36.9. The van der Waals surface area contributed by atoms with Crippen LogP contribution < -0.4 is 0 Å². The molecule has 0 saturated heterocycles. The lowest BCUT2D eigenvalue weighted by atomic mass is 10.1. The minimum absolute atomic E-state index is 0.0418. The smallest absolute Gasteiger partial charge is 0.362 e. The zero-order chi connectivity index (χ0) is 40.7. The van der Waals surface area contributed by atoms with Gasteiger partial charge in [0.1, 0.15) is 6.61 Å². The van der Waals surface area contributed by atoms with Crippen LogP contribution in [-0.2, 0) is 28.6 Å². The minimum atomic E-state index is -0.882. The van der Waals surface area contributed by atoms with Gasteiger partial charge in [-0.05, 0) is 57.8 Å². The molecule has 0 aromatic carbocycles. The zero-order valence-corrected chi connectivity index (χ0v) is 36.4. The highest BCUT2D eigenvalue weighted by Gasteiger charge is 2.31. The van der Waals surface area contributed by atoms with Gasteiger partial charge in [0.05, 0.1) is 34.4 Å². The Bertz CT molecular complexity index is 1000. The van der Waals surface area contributed by atoms with Crippen LogP contribution in [0.5, 0.6) is 0 Å². The number of esters is 2. The summed E-state index contributed by atoms with van der Waals surface area (Å²) in [6.07, 6.45) is 43.5. The number of unbranched alkanes of at least 4 members (excludes halogenated alkanes) is 20. The molecule has 2 atom stereocenters. The largest absolute Gasteiger partial charge is 0.477 e. The van der Waals surface area contributed by atoms with Crippen LogP contribution in [0.3, 0.4) is 0 Å². The fourth-order valence-electron chi connectivity index (χ4n) is 6.49. The molecule has 0 aliphatic rings. The first-order chi connectivity index (χ1) is 26.6. The van der Waals surface area contributed by atoms with Crippen molar-refractivity contribution in [2.75, 3.05) is 41.0 Å². The third-order valence-corrected chi connectivity index (χ3v) is 10.0. The first-order valence-corrected chi connectivity index (χ1v) is 22.5. The molecule has 0 bridgehead atoms. The number of likely N-dealkylation sites (N-methyl/N-ethyl adjacent to an activating group) is 1. The van der Waals surface area contributed by atoms with Gasteiger partial charge < -0.3 is 23.8 Å². The molecule has 1 N–H and O–H groups in total. The number of allylic oxidation sites excluding steroid dienone is 6. The normalized spacial score (nSPS) is 13.3. The zero-order valence-electron chi connectivity index (χ0n) is 36.4. The predicted octanol–water partition coefficient (Wildman–Crippen LogP) is 12.2. The predicted molar refractivity (Wildman–Crippen MR) is 229 cm³/mol. The van der Waals surface area contributed by atoms with E-state index in [1.54, 1.807) is 0 Å². The highest BCUT2D eigenvalue weighted by atomic mass is 16.6. The van der Waals surface area contributed by atoms with Crippen molar-refractivity contribution in [3.05, 3.63) is 36.5 Å². The molecule has 0 aromatic rings. The highest BCUT2D eigenvalue weighted by molar-refractivity contribution is 5.72. The molecule has 0 radical (unpaired) electrons. The van der Waals surface area contributed by atoms with Crippen molar-refractivity contribution in [1.82, 2.24) is 0 Å². The van der Waals surface area contributed by atoms with Crippen LogP contribution >= 0.6 is 0 Å². The van der Waals surface area contributed by atoms with Crippen molar-refractivity contribution in [2.24, 2.45) is 0 Å². The lowest BCUT2D eigenvalue weighted by Crippen LogP contribution is -2.50. The van der Waals surface area contributed by atoms with Gasteiger partial charge in [-0.15, -0.1) is 0 Å². The number of hydrogen-bond acceptors (Lipinski definition) is 6. The Hall–Kier alpha value is -2.45. The molecule has 0 fully saturated rings. The van der Waals surface area contributed by atoms with Gasteiger partial charge in [0.2, 0.25) is 0 Å². The molecule has 2 unspecified atom stereocenters. The van der Waals surface area contributed by atoms with Crippen molar-refractivity contribution in [3.8, 4) is 0 Å². The van der Waals surface area contributed by atoms with Crippen molar-refractivity contribution >= 4 is 17.9 Å². The molecule has 0 spiro atoms. The number of carboxylic acids is 1. The molecule has 0 aromatic heterocycles. The topological polar surface area (TPSA) is 99.1 Å². The van der Waals surface area contributed by atoms with Crippen LogP contribution in [-0.4, -0.2) is 80.6 Å². The standard InChI is InChI=1S/C47H85NO7/c1-6-8-10-12-14-16-18-20-21-22-23-24-26-28-30-32-34-36-38-46(50)55-43(41-53-40-39-44(47(51)52)48(3,4)5)42-54-45(49)37-35-33-31-29-27-25-19-17-15-13-11-9-7-2/h23-25,27,31,33,43-44H,6-22,26,28-30,32,34-42H2,1-5H3/p+1/b24-23+,27-25+,33-31+. The number of carboxylic acid groups (broad SMARTS) is 1. The Morgan fingerprint density at radius 2 is 1.00 bits per heavy atom. The summed E-state index contributed by atoms with van der Waals surface area (Å²) >= 11 is 0. The number of ether oxygens (including phenoxy) is 3. The van der Waals surface area contributed by atoms with Crippen LogP contribution in [0.2, 0.25) is 0 Å². The number of nitrogens with zero attached hydrogens (tertiary/aromatic N) is 1. The number of rotatable bonds is 40. The van der Waals surface area contributed by atoms with E-state index in [0.29, 0.717) is 19.3 Å². The van der Waals surface area contributed by atoms with E-state index in [-0.39, 0.29) is 42.7 Å². The number of hydrogen-bond donors (Lipinski definition) is 1. The van der Waals surface area contributed by atoms with E-state index in [1.165, 1.54) is 109 Å². The molecular formula is C47H86NO7+. The SMILES string of the molecule is CCCCCCCC/C=C/C/C=C/CCC(=O)OCC(COCCC(C(=O)O)[N+](C)(C)C)OC(=O)CCCCCCC/C=C/CCCCCCCCCCC. The van der Waals surface area contributed by atoms with Gasteiger partial charge in [0.25, 0.3) is 0 Å². The van der Waals surface area contributed by atoms with Crippen molar-refractivity contribution in [2.45, 2.75) is 206 Å². The van der Waals surface area contributed by atoms with Crippen LogP contribution in [0.4, 0.5) is 0 Å². The Morgan fingerprint density at radius 3 is 1.49 bits per heavy atom. The first-order valence-electron chi connectivity index (χ1n) is 22.5. The quantitative estimate of drug-likeness (QED) is 0.0286. The number of aliphatic carboxylic acids is 1. The molecule has 0 saturated carbocycles. The van der Waals surface area contributed by atoms with Crippen LogP contribution in [0.1, 0.15) is 194 Å². The second-order valence-electron chi connectivity index (χ2n) is 16.3. The summed E-state index contributed by atoms with van der Waals surface area (Å²) in [6.45, 7) is 4.66. The number of carbonyl (C=O) groups is 3. The Labute approximate surface area is 338 Å². The van der Waals surface area contributed by atoms with Crippen molar-refractivity contribution in [1.29, 1.82) is 0 Å². The van der Waals surface area contributed by atoms with Crippen LogP contribution in [0.15, 0.2) is 36.5 Å². The minimum Gasteiger partial charge on any atom is -0.477 e. The molecule has 8 heteroatoms. The molecule has 0 amide bonds. The molecule has 0 aliphatic heterocycles. The summed E-state index contributed by atoms with van der Waals surface area (Å²) in [5.41, 5.74) is 0. The molecule has 320 valence electrons. The summed E-state index contributed by atoms with van der Waals surface area (Å²) in [5, 5.41) is 9.61. The molecule has 0 heterocycles. The summed E-state index contributed by atoms with van der Waals surface area (Å²) in [6, 6.07) is -0.622. The molecule has 8 nitrogen and oxygen atoms in total. The number of quaternary nitrogens is 1. The van der Waals surface area contributed by atoms with Crippen molar-refractivity contribution < 1.29 is 38.2 Å². The summed E-state index contributed by atoms with van der Waals surface area (Å²) in [4.78, 5) is 36.9. The van der Waals surface area contributed by atoms with Gasteiger partial charge in [-0.25, -0.2) is 4.79 Å². The highest BCUT2D eigenvalue weighted by Crippen LogP contribution is 2.14. The van der Waals surface area contributed by atoms with E-state index >= 15 is 0 Å². The molecule has 0 aliphatic carbocycles. The average molecular weight is 777 g/mol. The second-order valence-corrected chi connectivity index (χ2v) is 16.3. The Balaban J connectivity index is 4.39. The summed E-state index contributed by atoms with van der Waals surface area (Å²) < 4.78 is 17.2. The maximum atomic E-state index is 12.7. The van der Waals surface area contributed by atoms with Crippen LogP contribution in [0, 0.1) is 0 Å². The van der Waals surface area contributed by atoms with E-state index < -0.39 is 18.1 Å². The van der Waals surface area contributed by atoms with E-state index in [1.807, 2.05) is 27.2 Å². The second kappa shape index (κ2) is 38.4. The Kier molecular flexibility index (Phi) is 36.7. The lowest BCUT2D eigenvalue weighted by Gasteiger charge is -2.31. The van der Waals surface area contributed by atoms with Gasteiger partial charge in [-0.3, -0.25) is 9.59 Å². The van der Waals surface area contributed by atoms with Gasteiger partial charge in [0.15, 0.2) is 12.1 Å². The maximum Gasteiger partial charge on any atom is 0.362 e. The van der Waals surface area contributed by atoms with E-state index in [9.17, 15) is 19.5 Å². The van der Waals surface area contributed by atoms with Gasteiger partial charge >= 0.3 is 17.9 Å². The van der Waals surface area contributed by atoms with Gasteiger partial charge in [-0.1, -0.05) is 153 Å². The molecule has 0 rings (SSSR count). The van der Waals surface area contributed by atoms with E-state index in [2.05, 4.69) is 44.2 Å². The van der Waals surface area contributed by atoms with Gasteiger partial charge in [-0.2, -0.15) is 0 Å². The number of carbonyl (C=O) groups excluding carboxylic acids is 2. The lowest BCUT2D eigenvalue weighted by molar-refractivity contribution is -0.887. The fourth-order valence-corrected chi connectivity index (χ4v) is 6.49. The average Bonchev–Trinajstić information content (AvgIpc) is 3.14. The summed E-state index contributed by atoms with van der Waals surface area (Å²) in [5.74, 6) is -1.56. The third-order valence-electron chi connectivity index (χ3n) is 10.0. The summed E-state index contributed by atoms with van der Waals surface area (Å²) in [7, 11) is 5.51. The molecule has 55 heavy (non-hydrogen) atoms. The monoisotopic (exact) mass is 777 g/mol. The Morgan fingerprint density at radius 1 is 0.545 bits per heavy atom. The fraction of sp³-hybridized carbons (Fsp3) is 0.809. The van der Waals surface area contributed by atoms with Crippen molar-refractivity contribution in [3.63, 3.8) is 0 Å². The van der Waals surface area contributed by atoms with Gasteiger partial charge in [0, 0.05) is 19.3 Å². The van der Waals surface area contributed by atoms with E-state index in [4.69, 9.17) is 14.2 Å². The van der Waals surface area contributed by atoms with Crippen LogP contribution in [0.25, 0.3) is 0 Å². The maximum absolute atomic E-state index is 12.7.